The van der Waals surface area contributed by atoms with Crippen molar-refractivity contribution in [2.45, 2.75) is 25.3 Å². The normalized spacial score (nSPS) is 11.5. The number of benzene rings is 2. The second-order valence-electron chi connectivity index (χ2n) is 5.44. The minimum absolute atomic E-state index is 0.0723. The number of carbonyl (C=O) groups excluding carboxylic acids is 2. The van der Waals surface area contributed by atoms with Crippen LogP contribution in [-0.4, -0.2) is 24.1 Å². The third-order valence-electron chi connectivity index (χ3n) is 3.75. The van der Waals surface area contributed by atoms with Crippen molar-refractivity contribution < 1.29 is 19.4 Å². The molecule has 2 rings (SSSR count). The van der Waals surface area contributed by atoms with Gasteiger partial charge in [0, 0.05) is 6.42 Å². The number of hydrogen-bond acceptors (Lipinski definition) is 4. The van der Waals surface area contributed by atoms with Gasteiger partial charge in [0.25, 0.3) is 0 Å². The molecular formula is C19H21NO4. The van der Waals surface area contributed by atoms with Gasteiger partial charge in [0.05, 0.1) is 19.6 Å². The third-order valence-corrected chi connectivity index (χ3v) is 3.75. The van der Waals surface area contributed by atoms with Gasteiger partial charge < -0.3 is 15.2 Å². The van der Waals surface area contributed by atoms with Crippen molar-refractivity contribution in [3.63, 3.8) is 0 Å². The molecule has 5 heteroatoms. The molecule has 0 aromatic heterocycles. The van der Waals surface area contributed by atoms with Gasteiger partial charge in [-0.15, -0.1) is 0 Å². The molecule has 24 heavy (non-hydrogen) atoms. The summed E-state index contributed by atoms with van der Waals surface area (Å²) in [5, 5.41) is 12.6. The van der Waals surface area contributed by atoms with Crippen molar-refractivity contribution in [3.8, 4) is 5.75 Å². The summed E-state index contributed by atoms with van der Waals surface area (Å²) in [6.07, 6.45) is 0.725. The van der Waals surface area contributed by atoms with Crippen LogP contribution in [-0.2, 0) is 20.7 Å². The minimum Gasteiger partial charge on any atom is -0.508 e. The number of phenolic OH excluding ortho intramolecular Hbond substituents is 1. The molecule has 0 saturated carbocycles. The Morgan fingerprint density at radius 3 is 2.42 bits per heavy atom. The molecule has 1 amide bonds. The molecule has 2 aromatic carbocycles. The van der Waals surface area contributed by atoms with Crippen LogP contribution in [0.4, 0.5) is 0 Å². The number of rotatable bonds is 7. The maximum Gasteiger partial charge on any atom is 0.307 e. The van der Waals surface area contributed by atoms with Crippen molar-refractivity contribution in [3.05, 3.63) is 65.7 Å². The number of amides is 1. The highest BCUT2D eigenvalue weighted by molar-refractivity contribution is 5.78. The lowest BCUT2D eigenvalue weighted by atomic mass is 10.0. The average molecular weight is 327 g/mol. The predicted octanol–water partition coefficient (Wildman–Crippen LogP) is 2.75. The summed E-state index contributed by atoms with van der Waals surface area (Å²) >= 11 is 0. The van der Waals surface area contributed by atoms with Gasteiger partial charge in [0.15, 0.2) is 0 Å². The third kappa shape index (κ3) is 5.12. The fraction of sp³-hybridized carbons (Fsp3) is 0.263. The molecule has 0 fully saturated rings. The first-order chi connectivity index (χ1) is 11.6. The molecule has 126 valence electrons. The first-order valence-electron chi connectivity index (χ1n) is 7.78. The van der Waals surface area contributed by atoms with E-state index in [0.717, 1.165) is 11.1 Å². The Labute approximate surface area is 141 Å². The Balaban J connectivity index is 1.99. The molecule has 0 saturated heterocycles. The highest BCUT2D eigenvalue weighted by Gasteiger charge is 2.18. The minimum atomic E-state index is -0.435. The molecule has 0 bridgehead atoms. The van der Waals surface area contributed by atoms with Crippen LogP contribution in [0.2, 0.25) is 0 Å². The molecule has 0 heterocycles. The number of esters is 1. The summed E-state index contributed by atoms with van der Waals surface area (Å²) in [6.45, 7) is 0. The summed E-state index contributed by atoms with van der Waals surface area (Å²) < 4.78 is 4.71. The number of phenols is 1. The Morgan fingerprint density at radius 1 is 1.08 bits per heavy atom. The summed E-state index contributed by atoms with van der Waals surface area (Å²) in [6, 6.07) is 15.8. The van der Waals surface area contributed by atoms with Crippen molar-refractivity contribution in [1.82, 2.24) is 5.32 Å². The molecule has 1 unspecified atom stereocenters. The second-order valence-corrected chi connectivity index (χ2v) is 5.44. The maximum absolute atomic E-state index is 12.2. The van der Waals surface area contributed by atoms with Crippen molar-refractivity contribution >= 4 is 11.9 Å². The zero-order chi connectivity index (χ0) is 17.4. The largest absolute Gasteiger partial charge is 0.508 e. The summed E-state index contributed by atoms with van der Waals surface area (Å²) in [5.41, 5.74) is 1.57. The summed E-state index contributed by atoms with van der Waals surface area (Å²) in [7, 11) is 1.32. The monoisotopic (exact) mass is 327 g/mol. The van der Waals surface area contributed by atoms with Crippen LogP contribution in [0.1, 0.15) is 30.0 Å². The molecule has 2 N–H and O–H groups in total. The standard InChI is InChI=1S/C19H21NO4/c1-24-19(23)13-16(14-7-3-2-4-8-14)20-18(22)12-11-15-9-5-6-10-17(15)21/h2-10,16,21H,11-13H2,1H3,(H,20,22). The lowest BCUT2D eigenvalue weighted by molar-refractivity contribution is -0.141. The fourth-order valence-electron chi connectivity index (χ4n) is 2.42. The summed E-state index contributed by atoms with van der Waals surface area (Å²) in [4.78, 5) is 23.8. The first kappa shape index (κ1) is 17.5. The fourth-order valence-corrected chi connectivity index (χ4v) is 2.42. The van der Waals surface area contributed by atoms with Gasteiger partial charge >= 0.3 is 5.97 Å². The molecular weight excluding hydrogens is 306 g/mol. The Morgan fingerprint density at radius 2 is 1.75 bits per heavy atom. The number of nitrogens with one attached hydrogen (secondary N) is 1. The molecule has 1 atom stereocenters. The number of hydrogen-bond donors (Lipinski definition) is 2. The second kappa shape index (κ2) is 8.72. The van der Waals surface area contributed by atoms with E-state index in [-0.39, 0.29) is 30.5 Å². The summed E-state index contributed by atoms with van der Waals surface area (Å²) in [5.74, 6) is -0.389. The molecule has 0 aliphatic heterocycles. The van der Waals surface area contributed by atoms with Crippen LogP contribution < -0.4 is 5.32 Å². The highest BCUT2D eigenvalue weighted by Crippen LogP contribution is 2.19. The topological polar surface area (TPSA) is 75.6 Å². The Kier molecular flexibility index (Phi) is 6.37. The SMILES string of the molecule is COC(=O)CC(NC(=O)CCc1ccccc1O)c1ccccc1. The Hall–Kier alpha value is -2.82. The Bertz CT molecular complexity index is 685. The van der Waals surface area contributed by atoms with E-state index in [9.17, 15) is 14.7 Å². The highest BCUT2D eigenvalue weighted by atomic mass is 16.5. The van der Waals surface area contributed by atoms with Crippen molar-refractivity contribution in [1.29, 1.82) is 0 Å². The average Bonchev–Trinajstić information content (AvgIpc) is 2.61. The van der Waals surface area contributed by atoms with E-state index >= 15 is 0 Å². The first-order valence-corrected chi connectivity index (χ1v) is 7.78. The lowest BCUT2D eigenvalue weighted by Gasteiger charge is -2.18. The van der Waals surface area contributed by atoms with Crippen LogP contribution in [0.5, 0.6) is 5.75 Å². The van der Waals surface area contributed by atoms with E-state index in [2.05, 4.69) is 5.32 Å². The van der Waals surface area contributed by atoms with Crippen LogP contribution >= 0.6 is 0 Å². The molecule has 0 spiro atoms. The van der Waals surface area contributed by atoms with E-state index in [4.69, 9.17) is 4.74 Å². The van der Waals surface area contributed by atoms with Crippen LogP contribution in [0, 0.1) is 0 Å². The van der Waals surface area contributed by atoms with E-state index in [1.54, 1.807) is 18.2 Å². The zero-order valence-corrected chi connectivity index (χ0v) is 13.6. The van der Waals surface area contributed by atoms with Gasteiger partial charge in [0.2, 0.25) is 5.91 Å². The zero-order valence-electron chi connectivity index (χ0n) is 13.6. The number of aromatic hydroxyl groups is 1. The smallest absolute Gasteiger partial charge is 0.307 e. The van der Waals surface area contributed by atoms with E-state index in [1.807, 2.05) is 36.4 Å². The number of para-hydroxylation sites is 1. The number of aryl methyl sites for hydroxylation is 1. The molecule has 5 nitrogen and oxygen atoms in total. The van der Waals surface area contributed by atoms with Gasteiger partial charge in [-0.3, -0.25) is 9.59 Å². The number of methoxy groups -OCH3 is 1. The molecule has 2 aromatic rings. The van der Waals surface area contributed by atoms with Crippen LogP contribution in [0.25, 0.3) is 0 Å². The van der Waals surface area contributed by atoms with Gasteiger partial charge in [-0.1, -0.05) is 48.5 Å². The molecule has 0 aliphatic carbocycles. The van der Waals surface area contributed by atoms with Crippen LogP contribution in [0.15, 0.2) is 54.6 Å². The van der Waals surface area contributed by atoms with Gasteiger partial charge in [-0.2, -0.15) is 0 Å². The maximum atomic E-state index is 12.2. The molecule has 0 radical (unpaired) electrons. The van der Waals surface area contributed by atoms with Gasteiger partial charge in [-0.25, -0.2) is 0 Å². The lowest BCUT2D eigenvalue weighted by Crippen LogP contribution is -2.30. The van der Waals surface area contributed by atoms with E-state index in [0.29, 0.717) is 6.42 Å². The van der Waals surface area contributed by atoms with E-state index in [1.165, 1.54) is 7.11 Å². The number of ether oxygens (including phenoxy) is 1. The number of carbonyl (C=O) groups is 2. The quantitative estimate of drug-likeness (QED) is 0.767. The molecule has 0 aliphatic rings. The van der Waals surface area contributed by atoms with E-state index < -0.39 is 6.04 Å². The van der Waals surface area contributed by atoms with Crippen molar-refractivity contribution in [2.24, 2.45) is 0 Å². The van der Waals surface area contributed by atoms with Gasteiger partial charge in [0.1, 0.15) is 5.75 Å². The van der Waals surface area contributed by atoms with Gasteiger partial charge in [-0.05, 0) is 23.6 Å². The van der Waals surface area contributed by atoms with Crippen molar-refractivity contribution in [2.75, 3.05) is 7.11 Å². The van der Waals surface area contributed by atoms with Crippen LogP contribution in [0.3, 0.4) is 0 Å². The predicted molar refractivity (Wildman–Crippen MR) is 90.4 cm³/mol.